The van der Waals surface area contributed by atoms with Crippen LogP contribution in [0.15, 0.2) is 30.3 Å². The number of carbonyl (C=O) groups is 2. The smallest absolute Gasteiger partial charge is 0.328 e. The van der Waals surface area contributed by atoms with E-state index < -0.39 is 24.1 Å². The lowest BCUT2D eigenvalue weighted by Gasteiger charge is -2.20. The van der Waals surface area contributed by atoms with Gasteiger partial charge in [-0.1, -0.05) is 30.3 Å². The Morgan fingerprint density at radius 2 is 1.75 bits per heavy atom. The fraction of sp³-hybridized carbons (Fsp3) is 0.429. The van der Waals surface area contributed by atoms with Gasteiger partial charge in [0.15, 0.2) is 6.04 Å². The quantitative estimate of drug-likeness (QED) is 0.618. The molecule has 0 aliphatic carbocycles. The minimum Gasteiger partial charge on any atom is -0.480 e. The maximum Gasteiger partial charge on any atom is 0.328 e. The average Bonchev–Trinajstić information content (AvgIpc) is 2.36. The first kappa shape index (κ1) is 16.0. The number of hydrogen-bond donors (Lipinski definition) is 4. The van der Waals surface area contributed by atoms with Crippen molar-refractivity contribution in [1.82, 2.24) is 10.6 Å². The second-order valence-corrected chi connectivity index (χ2v) is 4.77. The number of carbonyl (C=O) groups excluding carboxylic acids is 1. The molecule has 20 heavy (non-hydrogen) atoms. The minimum atomic E-state index is -1.32. The number of hydrogen-bond acceptors (Lipinski definition) is 3. The lowest BCUT2D eigenvalue weighted by Crippen LogP contribution is -2.52. The van der Waals surface area contributed by atoms with Gasteiger partial charge in [0.05, 0.1) is 6.10 Å². The summed E-state index contributed by atoms with van der Waals surface area (Å²) in [5, 5.41) is 23.0. The minimum absolute atomic E-state index is 0.152. The Bertz CT molecular complexity index is 448. The van der Waals surface area contributed by atoms with E-state index in [0.717, 1.165) is 5.56 Å². The molecule has 0 aliphatic rings. The molecule has 0 saturated carbocycles. The fourth-order valence-corrected chi connectivity index (χ4v) is 1.81. The van der Waals surface area contributed by atoms with E-state index in [2.05, 4.69) is 10.6 Å². The molecule has 0 bridgehead atoms. The van der Waals surface area contributed by atoms with Crippen molar-refractivity contribution < 1.29 is 19.8 Å². The van der Waals surface area contributed by atoms with Gasteiger partial charge >= 0.3 is 12.0 Å². The Hall–Kier alpha value is -2.08. The molecule has 3 atom stereocenters. The second kappa shape index (κ2) is 7.49. The van der Waals surface area contributed by atoms with Crippen LogP contribution in [0.3, 0.4) is 0 Å². The van der Waals surface area contributed by atoms with Gasteiger partial charge in [0.25, 0.3) is 0 Å². The normalized spacial score (nSPS) is 14.9. The predicted molar refractivity (Wildman–Crippen MR) is 74.4 cm³/mol. The van der Waals surface area contributed by atoms with Gasteiger partial charge in [-0.15, -0.1) is 0 Å². The maximum atomic E-state index is 11.7. The van der Waals surface area contributed by atoms with Crippen molar-refractivity contribution in [3.05, 3.63) is 35.9 Å². The first-order valence-electron chi connectivity index (χ1n) is 6.42. The lowest BCUT2D eigenvalue weighted by atomic mass is 10.1. The Morgan fingerprint density at radius 3 is 2.25 bits per heavy atom. The first-order chi connectivity index (χ1) is 9.40. The summed E-state index contributed by atoms with van der Waals surface area (Å²) in [7, 11) is 0. The Kier molecular flexibility index (Phi) is 5.99. The van der Waals surface area contributed by atoms with Crippen LogP contribution in [0.25, 0.3) is 0 Å². The molecule has 1 unspecified atom stereocenters. The summed E-state index contributed by atoms with van der Waals surface area (Å²) in [6.45, 7) is 3.14. The van der Waals surface area contributed by atoms with Crippen molar-refractivity contribution in [2.75, 3.05) is 0 Å². The molecule has 2 amide bonds. The molecule has 0 radical (unpaired) electrons. The third-order valence-corrected chi connectivity index (χ3v) is 2.80. The average molecular weight is 280 g/mol. The molecular formula is C14H20N2O4. The number of aliphatic hydroxyl groups is 1. The number of nitrogens with one attached hydrogen (secondary N) is 2. The van der Waals surface area contributed by atoms with E-state index in [1.54, 1.807) is 0 Å². The number of aliphatic carboxylic acids is 1. The third-order valence-electron chi connectivity index (χ3n) is 2.80. The molecule has 0 spiro atoms. The summed E-state index contributed by atoms with van der Waals surface area (Å²) in [5.74, 6) is -1.27. The SMILES string of the molecule is CC(Cc1ccccc1)NC(=O)N[C@H](C(=O)O)[C@@H](C)O. The van der Waals surface area contributed by atoms with Crippen LogP contribution in [0.4, 0.5) is 4.79 Å². The summed E-state index contributed by atoms with van der Waals surface area (Å²) in [5.41, 5.74) is 1.07. The van der Waals surface area contributed by atoms with Crippen molar-refractivity contribution in [3.8, 4) is 0 Å². The highest BCUT2D eigenvalue weighted by Gasteiger charge is 2.25. The maximum absolute atomic E-state index is 11.7. The molecule has 1 rings (SSSR count). The number of amides is 2. The zero-order valence-corrected chi connectivity index (χ0v) is 11.5. The van der Waals surface area contributed by atoms with Crippen LogP contribution < -0.4 is 10.6 Å². The molecule has 0 saturated heterocycles. The number of urea groups is 1. The van der Waals surface area contributed by atoms with Crippen LogP contribution >= 0.6 is 0 Å². The number of carboxylic acid groups (broad SMARTS) is 1. The van der Waals surface area contributed by atoms with Crippen LogP contribution in [0.2, 0.25) is 0 Å². The molecule has 6 heteroatoms. The monoisotopic (exact) mass is 280 g/mol. The van der Waals surface area contributed by atoms with Crippen molar-refractivity contribution >= 4 is 12.0 Å². The molecule has 0 aromatic heterocycles. The Labute approximate surface area is 117 Å². The molecule has 1 aromatic carbocycles. The van der Waals surface area contributed by atoms with E-state index in [4.69, 9.17) is 5.11 Å². The molecule has 0 heterocycles. The molecule has 1 aromatic rings. The lowest BCUT2D eigenvalue weighted by molar-refractivity contribution is -0.141. The van der Waals surface area contributed by atoms with Gasteiger partial charge in [-0.05, 0) is 25.8 Å². The van der Waals surface area contributed by atoms with E-state index >= 15 is 0 Å². The van der Waals surface area contributed by atoms with Crippen LogP contribution in [-0.2, 0) is 11.2 Å². The molecule has 0 aliphatic heterocycles. The van der Waals surface area contributed by atoms with Crippen molar-refractivity contribution in [1.29, 1.82) is 0 Å². The van der Waals surface area contributed by atoms with Crippen LogP contribution in [0.5, 0.6) is 0 Å². The molecule has 6 nitrogen and oxygen atoms in total. The number of carboxylic acids is 1. The van der Waals surface area contributed by atoms with E-state index in [-0.39, 0.29) is 6.04 Å². The van der Waals surface area contributed by atoms with Gasteiger partial charge in [0.1, 0.15) is 0 Å². The zero-order valence-electron chi connectivity index (χ0n) is 11.5. The molecule has 0 fully saturated rings. The molecule has 110 valence electrons. The topological polar surface area (TPSA) is 98.7 Å². The van der Waals surface area contributed by atoms with Gasteiger partial charge in [-0.3, -0.25) is 0 Å². The largest absolute Gasteiger partial charge is 0.480 e. The van der Waals surface area contributed by atoms with Gasteiger partial charge in [-0.25, -0.2) is 9.59 Å². The number of rotatable bonds is 6. The molecule has 4 N–H and O–H groups in total. The summed E-state index contributed by atoms with van der Waals surface area (Å²) >= 11 is 0. The highest BCUT2D eigenvalue weighted by atomic mass is 16.4. The fourth-order valence-electron chi connectivity index (χ4n) is 1.81. The molecular weight excluding hydrogens is 260 g/mol. The summed E-state index contributed by atoms with van der Waals surface area (Å²) < 4.78 is 0. The van der Waals surface area contributed by atoms with Gasteiger partial charge < -0.3 is 20.8 Å². The number of aliphatic hydroxyl groups excluding tert-OH is 1. The third kappa shape index (κ3) is 5.27. The van der Waals surface area contributed by atoms with Crippen LogP contribution in [0, 0.1) is 0 Å². The van der Waals surface area contributed by atoms with Crippen molar-refractivity contribution in [2.45, 2.75) is 38.5 Å². The van der Waals surface area contributed by atoms with E-state index in [1.165, 1.54) is 6.92 Å². The van der Waals surface area contributed by atoms with E-state index in [1.807, 2.05) is 37.3 Å². The van der Waals surface area contributed by atoms with E-state index in [0.29, 0.717) is 6.42 Å². The zero-order chi connectivity index (χ0) is 15.1. The van der Waals surface area contributed by atoms with Crippen LogP contribution in [-0.4, -0.2) is 40.4 Å². The Balaban J connectivity index is 2.47. The van der Waals surface area contributed by atoms with Gasteiger partial charge in [0, 0.05) is 6.04 Å². The summed E-state index contributed by atoms with van der Waals surface area (Å²) in [4.78, 5) is 22.5. The van der Waals surface area contributed by atoms with Crippen LogP contribution in [0.1, 0.15) is 19.4 Å². The summed E-state index contributed by atoms with van der Waals surface area (Å²) in [6, 6.07) is 7.56. The second-order valence-electron chi connectivity index (χ2n) is 4.77. The van der Waals surface area contributed by atoms with Crippen molar-refractivity contribution in [2.24, 2.45) is 0 Å². The van der Waals surface area contributed by atoms with Crippen molar-refractivity contribution in [3.63, 3.8) is 0 Å². The Morgan fingerprint density at radius 1 is 1.15 bits per heavy atom. The predicted octanol–water partition coefficient (Wildman–Crippen LogP) is 0.751. The van der Waals surface area contributed by atoms with E-state index in [9.17, 15) is 14.7 Å². The van der Waals surface area contributed by atoms with Gasteiger partial charge in [0.2, 0.25) is 0 Å². The van der Waals surface area contributed by atoms with Gasteiger partial charge in [-0.2, -0.15) is 0 Å². The standard InChI is InChI=1S/C14H20N2O4/c1-9(8-11-6-4-3-5-7-11)15-14(20)16-12(10(2)17)13(18)19/h3-7,9-10,12,17H,8H2,1-2H3,(H,18,19)(H2,15,16,20)/t9?,10-,12+/m1/s1. The number of benzene rings is 1. The first-order valence-corrected chi connectivity index (χ1v) is 6.42. The highest BCUT2D eigenvalue weighted by molar-refractivity contribution is 5.83. The highest BCUT2D eigenvalue weighted by Crippen LogP contribution is 2.02. The summed E-state index contributed by atoms with van der Waals surface area (Å²) in [6.07, 6.45) is -0.525.